The Labute approximate surface area is 127 Å². The largest absolute Gasteiger partial charge is 0.370 e. The second-order valence-electron chi connectivity index (χ2n) is 5.47. The van der Waals surface area contributed by atoms with Crippen LogP contribution in [-0.2, 0) is 0 Å². The molecule has 0 aliphatic carbocycles. The van der Waals surface area contributed by atoms with Crippen molar-refractivity contribution in [2.75, 3.05) is 35.8 Å². The number of anilines is 2. The molecule has 1 aromatic heterocycles. The zero-order valence-electron chi connectivity index (χ0n) is 13.6. The average molecular weight is 296 g/mol. The molecule has 4 nitrogen and oxygen atoms in total. The minimum absolute atomic E-state index is 0.335. The number of nitrogens with zero attached hydrogens (tertiary/aromatic N) is 3. The van der Waals surface area contributed by atoms with E-state index in [0.717, 1.165) is 36.2 Å². The molecule has 0 aliphatic rings. The summed E-state index contributed by atoms with van der Waals surface area (Å²) in [5, 5.41) is 3.37. The van der Waals surface area contributed by atoms with Gasteiger partial charge in [-0.2, -0.15) is 11.8 Å². The summed E-state index contributed by atoms with van der Waals surface area (Å²) < 4.78 is 0. The van der Waals surface area contributed by atoms with E-state index in [2.05, 4.69) is 62.3 Å². The number of hydrogen-bond donors (Lipinski definition) is 1. The van der Waals surface area contributed by atoms with Crippen molar-refractivity contribution in [2.24, 2.45) is 0 Å². The molecule has 1 atom stereocenters. The first kappa shape index (κ1) is 17.1. The summed E-state index contributed by atoms with van der Waals surface area (Å²) in [4.78, 5) is 11.6. The molecule has 1 rings (SSSR count). The molecular weight excluding hydrogens is 268 g/mol. The molecule has 0 spiro atoms. The van der Waals surface area contributed by atoms with Crippen LogP contribution < -0.4 is 10.2 Å². The topological polar surface area (TPSA) is 41.0 Å². The SMILES string of the molecule is CCCNc1cc(N(C)C(C)CSC)nc(C(C)C)n1. The Kier molecular flexibility index (Phi) is 7.13. The van der Waals surface area contributed by atoms with Gasteiger partial charge in [0, 0.05) is 37.4 Å². The van der Waals surface area contributed by atoms with E-state index in [9.17, 15) is 0 Å². The highest BCUT2D eigenvalue weighted by atomic mass is 32.2. The number of thioether (sulfide) groups is 1. The molecule has 0 aromatic carbocycles. The van der Waals surface area contributed by atoms with E-state index in [1.807, 2.05) is 11.8 Å². The molecule has 20 heavy (non-hydrogen) atoms. The molecule has 0 saturated heterocycles. The van der Waals surface area contributed by atoms with Gasteiger partial charge in [0.1, 0.15) is 17.5 Å². The quantitative estimate of drug-likeness (QED) is 0.793. The van der Waals surface area contributed by atoms with Gasteiger partial charge in [-0.15, -0.1) is 0 Å². The van der Waals surface area contributed by atoms with Gasteiger partial charge in [-0.3, -0.25) is 0 Å². The fourth-order valence-corrected chi connectivity index (χ4v) is 2.52. The van der Waals surface area contributed by atoms with E-state index < -0.39 is 0 Å². The van der Waals surface area contributed by atoms with Crippen molar-refractivity contribution in [1.82, 2.24) is 9.97 Å². The molecule has 0 fully saturated rings. The number of nitrogens with one attached hydrogen (secondary N) is 1. The summed E-state index contributed by atoms with van der Waals surface area (Å²) >= 11 is 1.86. The van der Waals surface area contributed by atoms with Crippen molar-refractivity contribution in [3.8, 4) is 0 Å². The van der Waals surface area contributed by atoms with Gasteiger partial charge in [-0.05, 0) is 19.6 Å². The molecule has 1 aromatic rings. The van der Waals surface area contributed by atoms with Gasteiger partial charge in [0.25, 0.3) is 0 Å². The van der Waals surface area contributed by atoms with E-state index in [4.69, 9.17) is 4.98 Å². The van der Waals surface area contributed by atoms with Crippen molar-refractivity contribution in [2.45, 2.75) is 46.1 Å². The molecule has 0 radical (unpaired) electrons. The minimum atomic E-state index is 0.335. The van der Waals surface area contributed by atoms with Gasteiger partial charge in [0.05, 0.1) is 0 Å². The summed E-state index contributed by atoms with van der Waals surface area (Å²) in [7, 11) is 2.11. The first-order valence-corrected chi connectivity index (χ1v) is 8.73. The lowest BCUT2D eigenvalue weighted by Gasteiger charge is -2.26. The Morgan fingerprint density at radius 2 is 2.00 bits per heavy atom. The van der Waals surface area contributed by atoms with E-state index in [1.165, 1.54) is 0 Å². The zero-order chi connectivity index (χ0) is 15.1. The molecule has 1 heterocycles. The maximum atomic E-state index is 4.71. The first-order valence-electron chi connectivity index (χ1n) is 7.34. The van der Waals surface area contributed by atoms with E-state index in [-0.39, 0.29) is 0 Å². The second-order valence-corrected chi connectivity index (χ2v) is 6.38. The third-order valence-electron chi connectivity index (χ3n) is 3.23. The van der Waals surface area contributed by atoms with Crippen LogP contribution in [0.2, 0.25) is 0 Å². The first-order chi connectivity index (χ1) is 9.49. The van der Waals surface area contributed by atoms with Crippen LogP contribution in [0.15, 0.2) is 6.07 Å². The van der Waals surface area contributed by atoms with Gasteiger partial charge in [0.15, 0.2) is 0 Å². The van der Waals surface area contributed by atoms with Gasteiger partial charge < -0.3 is 10.2 Å². The monoisotopic (exact) mass is 296 g/mol. The Morgan fingerprint density at radius 3 is 2.55 bits per heavy atom. The van der Waals surface area contributed by atoms with Crippen LogP contribution in [-0.4, -0.2) is 41.6 Å². The van der Waals surface area contributed by atoms with Crippen molar-refractivity contribution in [3.63, 3.8) is 0 Å². The van der Waals surface area contributed by atoms with E-state index in [0.29, 0.717) is 12.0 Å². The molecule has 0 saturated carbocycles. The van der Waals surface area contributed by atoms with E-state index in [1.54, 1.807) is 0 Å². The summed E-state index contributed by atoms with van der Waals surface area (Å²) in [5.41, 5.74) is 0. The standard InChI is InChI=1S/C15H28N4S/c1-7-8-16-13-9-14(18-15(17-13)11(2)3)19(5)12(4)10-20-6/h9,11-12H,7-8,10H2,1-6H3,(H,16,17,18). The smallest absolute Gasteiger partial charge is 0.135 e. The lowest BCUT2D eigenvalue weighted by Crippen LogP contribution is -2.32. The highest BCUT2D eigenvalue weighted by Crippen LogP contribution is 2.21. The Balaban J connectivity index is 3.01. The third-order valence-corrected chi connectivity index (χ3v) is 4.05. The fourth-order valence-electron chi connectivity index (χ4n) is 1.81. The van der Waals surface area contributed by atoms with Crippen LogP contribution in [0.4, 0.5) is 11.6 Å². The maximum Gasteiger partial charge on any atom is 0.135 e. The zero-order valence-corrected chi connectivity index (χ0v) is 14.4. The van der Waals surface area contributed by atoms with Gasteiger partial charge in [-0.1, -0.05) is 20.8 Å². The lowest BCUT2D eigenvalue weighted by molar-refractivity contribution is 0.725. The molecule has 0 aliphatic heterocycles. The Bertz CT molecular complexity index is 409. The van der Waals surface area contributed by atoms with Crippen LogP contribution in [0.3, 0.4) is 0 Å². The average Bonchev–Trinajstić information content (AvgIpc) is 2.44. The summed E-state index contributed by atoms with van der Waals surface area (Å²) in [6, 6.07) is 2.51. The fraction of sp³-hybridized carbons (Fsp3) is 0.733. The molecular formula is C15H28N4S. The maximum absolute atomic E-state index is 4.71. The van der Waals surface area contributed by atoms with Crippen molar-refractivity contribution >= 4 is 23.4 Å². The normalized spacial score (nSPS) is 12.6. The van der Waals surface area contributed by atoms with Gasteiger partial charge in [0.2, 0.25) is 0 Å². The van der Waals surface area contributed by atoms with Crippen LogP contribution in [0.5, 0.6) is 0 Å². The Morgan fingerprint density at radius 1 is 1.30 bits per heavy atom. The molecule has 0 bridgehead atoms. The number of rotatable bonds is 8. The summed E-state index contributed by atoms with van der Waals surface area (Å²) in [6.45, 7) is 9.60. The highest BCUT2D eigenvalue weighted by molar-refractivity contribution is 7.98. The van der Waals surface area contributed by atoms with Crippen LogP contribution in [0.25, 0.3) is 0 Å². The van der Waals surface area contributed by atoms with Crippen LogP contribution >= 0.6 is 11.8 Å². The van der Waals surface area contributed by atoms with Crippen molar-refractivity contribution in [3.05, 3.63) is 11.9 Å². The van der Waals surface area contributed by atoms with Crippen molar-refractivity contribution < 1.29 is 0 Å². The van der Waals surface area contributed by atoms with Gasteiger partial charge in [-0.25, -0.2) is 9.97 Å². The lowest BCUT2D eigenvalue weighted by atomic mass is 10.2. The third kappa shape index (κ3) is 4.85. The van der Waals surface area contributed by atoms with Crippen molar-refractivity contribution in [1.29, 1.82) is 0 Å². The predicted molar refractivity (Wildman–Crippen MR) is 91.1 cm³/mol. The van der Waals surface area contributed by atoms with Crippen LogP contribution in [0.1, 0.15) is 45.9 Å². The molecule has 5 heteroatoms. The highest BCUT2D eigenvalue weighted by Gasteiger charge is 2.14. The molecule has 1 unspecified atom stereocenters. The van der Waals surface area contributed by atoms with Gasteiger partial charge >= 0.3 is 0 Å². The summed E-state index contributed by atoms with van der Waals surface area (Å²) in [6.07, 6.45) is 3.23. The number of aromatic nitrogens is 2. The Hall–Kier alpha value is -0.970. The van der Waals surface area contributed by atoms with E-state index >= 15 is 0 Å². The minimum Gasteiger partial charge on any atom is -0.370 e. The summed E-state index contributed by atoms with van der Waals surface area (Å²) in [5.74, 6) is 4.27. The van der Waals surface area contributed by atoms with Crippen LogP contribution in [0, 0.1) is 0 Å². The molecule has 1 N–H and O–H groups in total. The molecule has 0 amide bonds. The predicted octanol–water partition coefficient (Wildman–Crippen LogP) is 3.61. The second kappa shape index (κ2) is 8.35. The number of hydrogen-bond acceptors (Lipinski definition) is 5. The molecule has 114 valence electrons.